The minimum atomic E-state index is -4.06. The molecule has 0 aromatic heterocycles. The summed E-state index contributed by atoms with van der Waals surface area (Å²) in [6.45, 7) is 0. The average molecular weight is 363 g/mol. The summed E-state index contributed by atoms with van der Waals surface area (Å²) in [5.74, 6) is -2.40. The van der Waals surface area contributed by atoms with Crippen LogP contribution in [0.3, 0.4) is 0 Å². The van der Waals surface area contributed by atoms with Gasteiger partial charge in [-0.1, -0.05) is 6.07 Å². The molecule has 0 heterocycles. The molecule has 0 saturated heterocycles. The van der Waals surface area contributed by atoms with Crippen molar-refractivity contribution in [2.24, 2.45) is 0 Å². The summed E-state index contributed by atoms with van der Waals surface area (Å²) in [6, 6.07) is 7.28. The standard InChI is InChI=1S/C12H9BrF2N2O2S/c13-8-6-7(16)4-5-11(8)20(18,19)17-10-3-1-2-9(14)12(10)15/h1-6,17H,16H2. The van der Waals surface area contributed by atoms with Gasteiger partial charge in [0, 0.05) is 10.2 Å². The Hall–Kier alpha value is -1.67. The van der Waals surface area contributed by atoms with Gasteiger partial charge in [-0.25, -0.2) is 17.2 Å². The van der Waals surface area contributed by atoms with Crippen molar-refractivity contribution in [1.82, 2.24) is 0 Å². The van der Waals surface area contributed by atoms with Crippen molar-refractivity contribution in [3.8, 4) is 0 Å². The molecule has 0 bridgehead atoms. The van der Waals surface area contributed by atoms with Gasteiger partial charge in [0.15, 0.2) is 11.6 Å². The number of nitrogens with two attached hydrogens (primary N) is 1. The van der Waals surface area contributed by atoms with Crippen LogP contribution in [0.5, 0.6) is 0 Å². The molecule has 3 N–H and O–H groups in total. The van der Waals surface area contributed by atoms with Crippen molar-refractivity contribution >= 4 is 37.3 Å². The molecule has 0 amide bonds. The van der Waals surface area contributed by atoms with E-state index in [2.05, 4.69) is 15.9 Å². The number of nitrogen functional groups attached to an aromatic ring is 1. The van der Waals surface area contributed by atoms with Crippen LogP contribution in [0.4, 0.5) is 20.2 Å². The van der Waals surface area contributed by atoms with Gasteiger partial charge in [-0.15, -0.1) is 0 Å². The summed E-state index contributed by atoms with van der Waals surface area (Å²) >= 11 is 3.06. The van der Waals surface area contributed by atoms with Crippen LogP contribution in [0.2, 0.25) is 0 Å². The third-order valence-electron chi connectivity index (χ3n) is 2.44. The van der Waals surface area contributed by atoms with Crippen molar-refractivity contribution in [2.75, 3.05) is 10.5 Å². The van der Waals surface area contributed by atoms with Gasteiger partial charge in [-0.3, -0.25) is 4.72 Å². The van der Waals surface area contributed by atoms with Gasteiger partial charge in [-0.2, -0.15) is 0 Å². The highest BCUT2D eigenvalue weighted by atomic mass is 79.9. The van der Waals surface area contributed by atoms with Crippen LogP contribution in [0.25, 0.3) is 0 Å². The Kier molecular flexibility index (Phi) is 3.96. The lowest BCUT2D eigenvalue weighted by atomic mass is 10.3. The van der Waals surface area contributed by atoms with E-state index in [-0.39, 0.29) is 9.37 Å². The molecule has 0 fully saturated rings. The number of halogens is 3. The number of nitrogens with one attached hydrogen (secondary N) is 1. The van der Waals surface area contributed by atoms with Gasteiger partial charge in [0.1, 0.15) is 4.90 Å². The molecule has 0 aliphatic carbocycles. The monoisotopic (exact) mass is 362 g/mol. The number of benzene rings is 2. The first-order valence-corrected chi connectivity index (χ1v) is 7.61. The van der Waals surface area contributed by atoms with E-state index >= 15 is 0 Å². The Morgan fingerprint density at radius 1 is 1.15 bits per heavy atom. The SMILES string of the molecule is Nc1ccc(S(=O)(=O)Nc2cccc(F)c2F)c(Br)c1. The summed E-state index contributed by atoms with van der Waals surface area (Å²) in [4.78, 5) is -0.129. The van der Waals surface area contributed by atoms with Gasteiger partial charge >= 0.3 is 0 Å². The largest absolute Gasteiger partial charge is 0.399 e. The van der Waals surface area contributed by atoms with Crippen molar-refractivity contribution in [1.29, 1.82) is 0 Å². The maximum Gasteiger partial charge on any atom is 0.263 e. The lowest BCUT2D eigenvalue weighted by molar-refractivity contribution is 0.511. The maximum absolute atomic E-state index is 13.5. The average Bonchev–Trinajstić information content (AvgIpc) is 2.34. The second kappa shape index (κ2) is 5.37. The van der Waals surface area contributed by atoms with Gasteiger partial charge in [-0.05, 0) is 46.3 Å². The van der Waals surface area contributed by atoms with E-state index in [1.54, 1.807) is 0 Å². The number of rotatable bonds is 3. The summed E-state index contributed by atoms with van der Waals surface area (Å²) in [5.41, 5.74) is 5.42. The molecule has 2 aromatic carbocycles. The molecular weight excluding hydrogens is 354 g/mol. The first kappa shape index (κ1) is 14.7. The summed E-state index contributed by atoms with van der Waals surface area (Å²) in [7, 11) is -4.06. The fraction of sp³-hybridized carbons (Fsp3) is 0. The topological polar surface area (TPSA) is 72.2 Å². The van der Waals surface area contributed by atoms with Crippen molar-refractivity contribution < 1.29 is 17.2 Å². The van der Waals surface area contributed by atoms with Crippen LogP contribution in [-0.2, 0) is 10.0 Å². The highest BCUT2D eigenvalue weighted by Gasteiger charge is 2.20. The molecule has 2 aromatic rings. The highest BCUT2D eigenvalue weighted by molar-refractivity contribution is 9.10. The Morgan fingerprint density at radius 2 is 1.85 bits per heavy atom. The van der Waals surface area contributed by atoms with Crippen LogP contribution >= 0.6 is 15.9 Å². The highest BCUT2D eigenvalue weighted by Crippen LogP contribution is 2.27. The van der Waals surface area contributed by atoms with E-state index in [9.17, 15) is 17.2 Å². The smallest absolute Gasteiger partial charge is 0.263 e. The number of hydrogen-bond acceptors (Lipinski definition) is 3. The lowest BCUT2D eigenvalue weighted by Crippen LogP contribution is -2.15. The summed E-state index contributed by atoms with van der Waals surface area (Å²) in [6.07, 6.45) is 0. The van der Waals surface area contributed by atoms with Gasteiger partial charge in [0.05, 0.1) is 5.69 Å². The second-order valence-corrected chi connectivity index (χ2v) is 6.40. The Bertz CT molecular complexity index is 766. The molecule has 0 unspecified atom stereocenters. The van der Waals surface area contributed by atoms with E-state index in [1.807, 2.05) is 4.72 Å². The zero-order chi connectivity index (χ0) is 14.9. The van der Waals surface area contributed by atoms with Crippen LogP contribution in [0.15, 0.2) is 45.8 Å². The predicted octanol–water partition coefficient (Wildman–Crippen LogP) is 3.11. The molecule has 0 saturated carbocycles. The minimum absolute atomic E-state index is 0.129. The van der Waals surface area contributed by atoms with Crippen LogP contribution in [-0.4, -0.2) is 8.42 Å². The molecule has 106 valence electrons. The molecule has 0 aliphatic rings. The van der Waals surface area contributed by atoms with E-state index in [0.717, 1.165) is 12.1 Å². The van der Waals surface area contributed by atoms with Crippen molar-refractivity contribution in [2.45, 2.75) is 4.90 Å². The molecule has 0 spiro atoms. The molecule has 0 atom stereocenters. The number of hydrogen-bond donors (Lipinski definition) is 2. The van der Waals surface area contributed by atoms with Gasteiger partial charge in [0.2, 0.25) is 0 Å². The minimum Gasteiger partial charge on any atom is -0.399 e. The molecule has 0 aliphatic heterocycles. The van der Waals surface area contributed by atoms with Crippen LogP contribution in [0, 0.1) is 11.6 Å². The van der Waals surface area contributed by atoms with E-state index in [1.165, 1.54) is 24.3 Å². The first-order valence-electron chi connectivity index (χ1n) is 5.33. The molecule has 8 heteroatoms. The van der Waals surface area contributed by atoms with Crippen molar-refractivity contribution in [3.05, 3.63) is 52.5 Å². The normalized spacial score (nSPS) is 11.3. The van der Waals surface area contributed by atoms with E-state index in [4.69, 9.17) is 5.73 Å². The maximum atomic E-state index is 13.5. The zero-order valence-electron chi connectivity index (χ0n) is 9.90. The third-order valence-corrected chi connectivity index (χ3v) is 4.78. The Balaban J connectivity index is 2.44. The zero-order valence-corrected chi connectivity index (χ0v) is 12.3. The summed E-state index contributed by atoms with van der Waals surface area (Å²) < 4.78 is 53.0. The first-order chi connectivity index (χ1) is 9.31. The van der Waals surface area contributed by atoms with Crippen LogP contribution in [0.1, 0.15) is 0 Å². The second-order valence-electron chi connectivity index (χ2n) is 3.90. The molecule has 20 heavy (non-hydrogen) atoms. The fourth-order valence-corrected chi connectivity index (χ4v) is 3.67. The Morgan fingerprint density at radius 3 is 2.50 bits per heavy atom. The molecule has 4 nitrogen and oxygen atoms in total. The molecule has 0 radical (unpaired) electrons. The lowest BCUT2D eigenvalue weighted by Gasteiger charge is -2.11. The van der Waals surface area contributed by atoms with E-state index in [0.29, 0.717) is 5.69 Å². The van der Waals surface area contributed by atoms with Gasteiger partial charge in [0.25, 0.3) is 10.0 Å². The van der Waals surface area contributed by atoms with Crippen molar-refractivity contribution in [3.63, 3.8) is 0 Å². The van der Waals surface area contributed by atoms with Gasteiger partial charge < -0.3 is 5.73 Å². The fourth-order valence-electron chi connectivity index (χ4n) is 1.52. The number of sulfonamides is 1. The Labute approximate surface area is 122 Å². The quantitative estimate of drug-likeness (QED) is 0.824. The third kappa shape index (κ3) is 2.91. The molecular formula is C12H9BrF2N2O2S. The summed E-state index contributed by atoms with van der Waals surface area (Å²) in [5, 5.41) is 0. The number of anilines is 2. The predicted molar refractivity (Wildman–Crippen MR) is 75.7 cm³/mol. The van der Waals surface area contributed by atoms with E-state index < -0.39 is 27.3 Å². The molecule has 2 rings (SSSR count). The van der Waals surface area contributed by atoms with Crippen LogP contribution < -0.4 is 10.5 Å².